The third-order valence-corrected chi connectivity index (χ3v) is 5.24. The highest BCUT2D eigenvalue weighted by Crippen LogP contribution is 2.35. The Bertz CT molecular complexity index is 412. The maximum Gasteiger partial charge on any atom is 0.0342 e. The molecule has 2 nitrogen and oxygen atoms in total. The fraction of sp³-hybridized carbons (Fsp3) is 0.667. The van der Waals surface area contributed by atoms with Crippen molar-refractivity contribution in [2.45, 2.75) is 70.0 Å². The molecule has 3 rings (SSSR count). The van der Waals surface area contributed by atoms with E-state index in [1.54, 1.807) is 0 Å². The summed E-state index contributed by atoms with van der Waals surface area (Å²) in [5.41, 5.74) is 2.78. The Kier molecular flexibility index (Phi) is 4.30. The molecule has 0 spiro atoms. The van der Waals surface area contributed by atoms with E-state index in [0.29, 0.717) is 6.04 Å². The lowest BCUT2D eigenvalue weighted by Gasteiger charge is -2.37. The summed E-state index contributed by atoms with van der Waals surface area (Å²) in [7, 11) is 2.31. The van der Waals surface area contributed by atoms with Crippen LogP contribution in [0.25, 0.3) is 0 Å². The third kappa shape index (κ3) is 3.01. The molecular formula is C18H28N2. The molecule has 0 aromatic heterocycles. The Morgan fingerprint density at radius 2 is 1.75 bits per heavy atom. The van der Waals surface area contributed by atoms with Crippen molar-refractivity contribution in [1.82, 2.24) is 4.90 Å². The van der Waals surface area contributed by atoms with Crippen molar-refractivity contribution in [2.75, 3.05) is 12.4 Å². The lowest BCUT2D eigenvalue weighted by Crippen LogP contribution is -2.44. The van der Waals surface area contributed by atoms with Crippen molar-refractivity contribution < 1.29 is 0 Å². The van der Waals surface area contributed by atoms with Crippen molar-refractivity contribution in [3.8, 4) is 0 Å². The molecule has 2 aliphatic heterocycles. The van der Waals surface area contributed by atoms with Crippen molar-refractivity contribution in [3.63, 3.8) is 0 Å². The Morgan fingerprint density at radius 3 is 2.35 bits per heavy atom. The summed E-state index contributed by atoms with van der Waals surface area (Å²) >= 11 is 0. The quantitative estimate of drug-likeness (QED) is 0.869. The Morgan fingerprint density at radius 1 is 1.10 bits per heavy atom. The van der Waals surface area contributed by atoms with E-state index in [-0.39, 0.29) is 0 Å². The van der Waals surface area contributed by atoms with E-state index in [2.05, 4.69) is 48.5 Å². The Labute approximate surface area is 123 Å². The second kappa shape index (κ2) is 6.17. The molecule has 20 heavy (non-hydrogen) atoms. The number of anilines is 1. The zero-order valence-corrected chi connectivity index (χ0v) is 12.9. The van der Waals surface area contributed by atoms with Crippen molar-refractivity contribution in [3.05, 3.63) is 29.8 Å². The maximum absolute atomic E-state index is 3.76. The molecule has 2 fully saturated rings. The Balaban J connectivity index is 1.56. The highest BCUT2D eigenvalue weighted by atomic mass is 15.2. The van der Waals surface area contributed by atoms with Gasteiger partial charge in [-0.3, -0.25) is 0 Å². The smallest absolute Gasteiger partial charge is 0.0342 e. The number of rotatable bonds is 5. The number of nitrogens with one attached hydrogen (secondary N) is 1. The molecule has 0 amide bonds. The third-order valence-electron chi connectivity index (χ3n) is 5.24. The standard InChI is InChI=1S/C18H28N2/c1-3-4-5-14-6-8-15(9-7-14)19-16-12-17-10-11-18(13-16)20(17)2/h6-9,16-19H,3-5,10-13H2,1-2H3. The first-order valence-electron chi connectivity index (χ1n) is 8.33. The van der Waals surface area contributed by atoms with Gasteiger partial charge in [-0.05, 0) is 63.3 Å². The topological polar surface area (TPSA) is 15.3 Å². The molecule has 1 N–H and O–H groups in total. The second-order valence-corrected chi connectivity index (χ2v) is 6.66. The highest BCUT2D eigenvalue weighted by molar-refractivity contribution is 5.45. The zero-order chi connectivity index (χ0) is 13.9. The molecule has 0 saturated carbocycles. The number of hydrogen-bond acceptors (Lipinski definition) is 2. The first-order valence-corrected chi connectivity index (χ1v) is 8.33. The molecule has 1 aromatic carbocycles. The monoisotopic (exact) mass is 272 g/mol. The summed E-state index contributed by atoms with van der Waals surface area (Å²) < 4.78 is 0. The van der Waals surface area contributed by atoms with Gasteiger partial charge in [-0.2, -0.15) is 0 Å². The lowest BCUT2D eigenvalue weighted by molar-refractivity contribution is 0.169. The van der Waals surface area contributed by atoms with E-state index in [1.807, 2.05) is 0 Å². The molecule has 0 radical (unpaired) electrons. The lowest BCUT2D eigenvalue weighted by atomic mass is 9.97. The van der Waals surface area contributed by atoms with Crippen LogP contribution in [0.4, 0.5) is 5.69 Å². The minimum absolute atomic E-state index is 0.671. The first kappa shape index (κ1) is 13.9. The number of fused-ring (bicyclic) bond motifs is 2. The van der Waals surface area contributed by atoms with Crippen molar-refractivity contribution in [2.24, 2.45) is 0 Å². The number of unbranched alkanes of at least 4 members (excludes halogenated alkanes) is 1. The molecule has 2 heterocycles. The van der Waals surface area contributed by atoms with Crippen LogP contribution >= 0.6 is 0 Å². The number of aryl methyl sites for hydroxylation is 1. The van der Waals surface area contributed by atoms with Gasteiger partial charge in [-0.1, -0.05) is 25.5 Å². The summed E-state index contributed by atoms with van der Waals surface area (Å²) in [6.45, 7) is 2.25. The molecule has 2 unspecified atom stereocenters. The van der Waals surface area contributed by atoms with E-state index >= 15 is 0 Å². The first-order chi connectivity index (χ1) is 9.76. The molecular weight excluding hydrogens is 244 g/mol. The normalized spacial score (nSPS) is 29.6. The maximum atomic E-state index is 3.76. The van der Waals surface area contributed by atoms with Crippen LogP contribution in [0.1, 0.15) is 51.0 Å². The minimum atomic E-state index is 0.671. The molecule has 2 heteroatoms. The minimum Gasteiger partial charge on any atom is -0.382 e. The predicted molar refractivity (Wildman–Crippen MR) is 86.3 cm³/mol. The van der Waals surface area contributed by atoms with Crippen LogP contribution in [0.3, 0.4) is 0 Å². The van der Waals surface area contributed by atoms with Gasteiger partial charge in [0.1, 0.15) is 0 Å². The van der Waals surface area contributed by atoms with Crippen LogP contribution in [0.5, 0.6) is 0 Å². The van der Waals surface area contributed by atoms with Gasteiger partial charge in [0.15, 0.2) is 0 Å². The summed E-state index contributed by atoms with van der Waals surface area (Å²) in [6.07, 6.45) is 9.21. The van der Waals surface area contributed by atoms with Gasteiger partial charge in [0, 0.05) is 23.8 Å². The summed E-state index contributed by atoms with van der Waals surface area (Å²) in [5.74, 6) is 0. The summed E-state index contributed by atoms with van der Waals surface area (Å²) in [5, 5.41) is 3.76. The molecule has 110 valence electrons. The number of nitrogens with zero attached hydrogens (tertiary/aromatic N) is 1. The van der Waals surface area contributed by atoms with Gasteiger partial charge < -0.3 is 10.2 Å². The van der Waals surface area contributed by atoms with Gasteiger partial charge in [0.25, 0.3) is 0 Å². The van der Waals surface area contributed by atoms with Crippen LogP contribution < -0.4 is 5.32 Å². The van der Waals surface area contributed by atoms with Crippen LogP contribution in [0, 0.1) is 0 Å². The average Bonchev–Trinajstić information content (AvgIpc) is 2.69. The van der Waals surface area contributed by atoms with Crippen LogP contribution in [-0.4, -0.2) is 30.1 Å². The average molecular weight is 272 g/mol. The highest BCUT2D eigenvalue weighted by Gasteiger charge is 2.38. The molecule has 2 bridgehead atoms. The largest absolute Gasteiger partial charge is 0.382 e. The van der Waals surface area contributed by atoms with Gasteiger partial charge in [-0.15, -0.1) is 0 Å². The fourth-order valence-corrected chi connectivity index (χ4v) is 3.91. The van der Waals surface area contributed by atoms with Crippen LogP contribution in [0.15, 0.2) is 24.3 Å². The zero-order valence-electron chi connectivity index (χ0n) is 12.9. The number of benzene rings is 1. The SMILES string of the molecule is CCCCc1ccc(NC2CC3CCC(C2)N3C)cc1. The van der Waals surface area contributed by atoms with Crippen molar-refractivity contribution in [1.29, 1.82) is 0 Å². The number of hydrogen-bond donors (Lipinski definition) is 1. The predicted octanol–water partition coefficient (Wildman–Crippen LogP) is 4.07. The van der Waals surface area contributed by atoms with Crippen LogP contribution in [-0.2, 0) is 6.42 Å². The molecule has 0 aliphatic carbocycles. The van der Waals surface area contributed by atoms with E-state index in [0.717, 1.165) is 12.1 Å². The van der Waals surface area contributed by atoms with Gasteiger partial charge in [-0.25, -0.2) is 0 Å². The summed E-state index contributed by atoms with van der Waals surface area (Å²) in [6, 6.07) is 11.4. The fourth-order valence-electron chi connectivity index (χ4n) is 3.91. The molecule has 1 aromatic rings. The number of piperidine rings is 1. The van der Waals surface area contributed by atoms with E-state index in [4.69, 9.17) is 0 Å². The second-order valence-electron chi connectivity index (χ2n) is 6.66. The Hall–Kier alpha value is -1.02. The molecule has 2 aliphatic rings. The van der Waals surface area contributed by atoms with E-state index in [1.165, 1.54) is 56.2 Å². The van der Waals surface area contributed by atoms with Gasteiger partial charge in [0.05, 0.1) is 0 Å². The molecule has 2 atom stereocenters. The van der Waals surface area contributed by atoms with E-state index < -0.39 is 0 Å². The van der Waals surface area contributed by atoms with E-state index in [9.17, 15) is 0 Å². The molecule has 2 saturated heterocycles. The summed E-state index contributed by atoms with van der Waals surface area (Å²) in [4.78, 5) is 2.60. The van der Waals surface area contributed by atoms with Crippen LogP contribution in [0.2, 0.25) is 0 Å². The van der Waals surface area contributed by atoms with Gasteiger partial charge in [0.2, 0.25) is 0 Å². The van der Waals surface area contributed by atoms with Gasteiger partial charge >= 0.3 is 0 Å². The van der Waals surface area contributed by atoms with Crippen molar-refractivity contribution >= 4 is 5.69 Å².